The van der Waals surface area contributed by atoms with Gasteiger partial charge >= 0.3 is 0 Å². The fraction of sp³-hybridized carbons (Fsp3) is 0.185. The fourth-order valence-electron chi connectivity index (χ4n) is 3.35. The first kappa shape index (κ1) is 27.5. The lowest BCUT2D eigenvalue weighted by Gasteiger charge is -2.11. The third-order valence-corrected chi connectivity index (χ3v) is 6.86. The summed E-state index contributed by atoms with van der Waals surface area (Å²) >= 11 is 12.9. The van der Waals surface area contributed by atoms with Gasteiger partial charge in [0.05, 0.1) is 12.2 Å². The van der Waals surface area contributed by atoms with E-state index in [1.165, 1.54) is 12.2 Å². The number of aryl methyl sites for hydroxylation is 1. The van der Waals surface area contributed by atoms with Crippen molar-refractivity contribution in [3.05, 3.63) is 104 Å². The number of sulfonamides is 1. The zero-order chi connectivity index (χ0) is 26.1. The minimum atomic E-state index is -3.86. The molecule has 188 valence electrons. The van der Waals surface area contributed by atoms with E-state index in [9.17, 15) is 13.2 Å². The number of nitrogens with one attached hydrogen (secondary N) is 1. The summed E-state index contributed by atoms with van der Waals surface area (Å²) in [6.45, 7) is 4.08. The Morgan fingerprint density at radius 2 is 1.78 bits per heavy atom. The van der Waals surface area contributed by atoms with Crippen molar-refractivity contribution in [3.8, 4) is 0 Å². The average molecular weight is 545 g/mol. The van der Waals surface area contributed by atoms with Gasteiger partial charge in [-0.1, -0.05) is 97.2 Å². The highest BCUT2D eigenvalue weighted by molar-refractivity contribution is 7.92. The molecule has 2 aromatic carbocycles. The molecule has 0 aliphatic carbocycles. The molecule has 0 bridgehead atoms. The van der Waals surface area contributed by atoms with Crippen LogP contribution in [0.25, 0.3) is 18.2 Å². The number of aromatic nitrogens is 2. The largest absolute Gasteiger partial charge is 0.323 e. The Bertz CT molecular complexity index is 1410. The van der Waals surface area contributed by atoms with Crippen molar-refractivity contribution in [2.45, 2.75) is 33.2 Å². The van der Waals surface area contributed by atoms with Crippen LogP contribution in [0.3, 0.4) is 0 Å². The molecule has 1 amide bonds. The monoisotopic (exact) mass is 543 g/mol. The molecule has 1 heterocycles. The maximum absolute atomic E-state index is 12.2. The molecule has 3 rings (SSSR count). The van der Waals surface area contributed by atoms with Gasteiger partial charge in [-0.3, -0.25) is 4.79 Å². The van der Waals surface area contributed by atoms with E-state index in [1.54, 1.807) is 6.92 Å². The standard InChI is InChI=1S/C27H27Cl2N3O3S/c1-3-4-8-17-36(34,35)31-26(33)16-15-25-27(29)30-20(2)32(25)19-23-14-13-22(18-24(23)28)12-11-21-9-6-5-7-10-21/h5-18H,3-4,19H2,1-2H3,(H,31,33)/b12-11+,16-15+,17-8+. The van der Waals surface area contributed by atoms with E-state index in [2.05, 4.69) is 4.98 Å². The Labute approximate surface area is 222 Å². The number of carbonyl (C=O) groups excluding carboxylic acids is 1. The molecular weight excluding hydrogens is 517 g/mol. The molecule has 1 N–H and O–H groups in total. The smallest absolute Gasteiger partial charge is 0.257 e. The topological polar surface area (TPSA) is 81.1 Å². The molecule has 0 aliphatic rings. The third kappa shape index (κ3) is 7.95. The van der Waals surface area contributed by atoms with Gasteiger partial charge in [-0.2, -0.15) is 0 Å². The van der Waals surface area contributed by atoms with E-state index in [4.69, 9.17) is 23.2 Å². The number of benzene rings is 2. The summed E-state index contributed by atoms with van der Waals surface area (Å²) in [7, 11) is -3.86. The number of nitrogens with zero attached hydrogens (tertiary/aromatic N) is 2. The maximum Gasteiger partial charge on any atom is 0.257 e. The lowest BCUT2D eigenvalue weighted by molar-refractivity contribution is -0.114. The first-order valence-electron chi connectivity index (χ1n) is 11.3. The minimum absolute atomic E-state index is 0.195. The first-order valence-corrected chi connectivity index (χ1v) is 13.6. The van der Waals surface area contributed by atoms with Gasteiger partial charge in [0.1, 0.15) is 5.82 Å². The highest BCUT2D eigenvalue weighted by atomic mass is 35.5. The number of unbranched alkanes of at least 4 members (excludes halogenated alkanes) is 1. The summed E-state index contributed by atoms with van der Waals surface area (Å²) < 4.78 is 27.8. The molecule has 1 aromatic heterocycles. The Morgan fingerprint density at radius 3 is 2.47 bits per heavy atom. The van der Waals surface area contributed by atoms with Crippen LogP contribution >= 0.6 is 23.2 Å². The predicted molar refractivity (Wildman–Crippen MR) is 148 cm³/mol. The molecule has 36 heavy (non-hydrogen) atoms. The normalized spacial score (nSPS) is 12.2. The highest BCUT2D eigenvalue weighted by Gasteiger charge is 2.14. The van der Waals surface area contributed by atoms with Crippen LogP contribution in [-0.2, 0) is 21.4 Å². The predicted octanol–water partition coefficient (Wildman–Crippen LogP) is 6.49. The molecule has 0 saturated carbocycles. The molecule has 0 radical (unpaired) electrons. The van der Waals surface area contributed by atoms with Gasteiger partial charge in [-0.05, 0) is 42.2 Å². The van der Waals surface area contributed by atoms with Crippen LogP contribution in [0.2, 0.25) is 10.2 Å². The molecule has 0 unspecified atom stereocenters. The zero-order valence-corrected chi connectivity index (χ0v) is 22.3. The average Bonchev–Trinajstić information content (AvgIpc) is 3.10. The van der Waals surface area contributed by atoms with E-state index >= 15 is 0 Å². The number of carbonyl (C=O) groups is 1. The molecule has 0 fully saturated rings. The van der Waals surface area contributed by atoms with E-state index in [1.807, 2.05) is 76.9 Å². The van der Waals surface area contributed by atoms with Gasteiger partial charge in [0.2, 0.25) is 0 Å². The Kier molecular flexibility index (Phi) is 9.70. The van der Waals surface area contributed by atoms with E-state index < -0.39 is 15.9 Å². The zero-order valence-electron chi connectivity index (χ0n) is 20.0. The molecule has 6 nitrogen and oxygen atoms in total. The second kappa shape index (κ2) is 12.7. The van der Waals surface area contributed by atoms with E-state index in [0.717, 1.165) is 34.6 Å². The molecule has 9 heteroatoms. The van der Waals surface area contributed by atoms with Crippen molar-refractivity contribution in [2.75, 3.05) is 0 Å². The van der Waals surface area contributed by atoms with Crippen molar-refractivity contribution in [1.29, 1.82) is 0 Å². The number of hydrogen-bond donors (Lipinski definition) is 1. The van der Waals surface area contributed by atoms with Crippen LogP contribution in [0.5, 0.6) is 0 Å². The van der Waals surface area contributed by atoms with Gasteiger partial charge in [0.15, 0.2) is 5.15 Å². The SMILES string of the molecule is CCC/C=C/S(=O)(=O)NC(=O)/C=C/c1c(Cl)nc(C)n1Cc1ccc(/C=C/c2ccccc2)cc1Cl. The highest BCUT2D eigenvalue weighted by Crippen LogP contribution is 2.25. The van der Waals surface area contributed by atoms with Crippen molar-refractivity contribution in [1.82, 2.24) is 14.3 Å². The fourth-order valence-corrected chi connectivity index (χ4v) is 4.69. The quantitative estimate of drug-likeness (QED) is 0.234. The van der Waals surface area contributed by atoms with Crippen molar-refractivity contribution in [2.24, 2.45) is 0 Å². The number of imidazole rings is 1. The van der Waals surface area contributed by atoms with Crippen molar-refractivity contribution < 1.29 is 13.2 Å². The van der Waals surface area contributed by atoms with Gasteiger partial charge < -0.3 is 4.57 Å². The molecular formula is C27H27Cl2N3O3S. The molecule has 0 saturated heterocycles. The number of rotatable bonds is 10. The molecule has 0 atom stereocenters. The summed E-state index contributed by atoms with van der Waals surface area (Å²) in [5.74, 6) is -0.162. The second-order valence-electron chi connectivity index (χ2n) is 8.02. The summed E-state index contributed by atoms with van der Waals surface area (Å²) in [6.07, 6.45) is 9.46. The number of halogens is 2. The lowest BCUT2D eigenvalue weighted by Crippen LogP contribution is -2.27. The Morgan fingerprint density at radius 1 is 1.06 bits per heavy atom. The van der Waals surface area contributed by atoms with Crippen LogP contribution in [0.4, 0.5) is 0 Å². The number of allylic oxidation sites excluding steroid dienone is 1. The van der Waals surface area contributed by atoms with Crippen LogP contribution in [0, 0.1) is 6.92 Å². The van der Waals surface area contributed by atoms with Gasteiger partial charge in [-0.15, -0.1) is 0 Å². The molecule has 0 aliphatic heterocycles. The third-order valence-electron chi connectivity index (χ3n) is 5.19. The van der Waals surface area contributed by atoms with Gasteiger partial charge in [0.25, 0.3) is 15.9 Å². The first-order chi connectivity index (χ1) is 17.2. The second-order valence-corrected chi connectivity index (χ2v) is 10.4. The number of hydrogen-bond acceptors (Lipinski definition) is 4. The summed E-state index contributed by atoms with van der Waals surface area (Å²) in [5.41, 5.74) is 3.35. The van der Waals surface area contributed by atoms with Crippen molar-refractivity contribution >= 4 is 57.4 Å². The van der Waals surface area contributed by atoms with Gasteiger partial charge in [0, 0.05) is 16.5 Å². The van der Waals surface area contributed by atoms with Gasteiger partial charge in [-0.25, -0.2) is 18.1 Å². The van der Waals surface area contributed by atoms with E-state index in [0.29, 0.717) is 29.5 Å². The molecule has 0 spiro atoms. The molecule has 3 aromatic rings. The Hall–Kier alpha value is -3.13. The minimum Gasteiger partial charge on any atom is -0.323 e. The summed E-state index contributed by atoms with van der Waals surface area (Å²) in [6, 6.07) is 15.7. The lowest BCUT2D eigenvalue weighted by atomic mass is 10.1. The Balaban J connectivity index is 1.76. The summed E-state index contributed by atoms with van der Waals surface area (Å²) in [4.78, 5) is 16.5. The van der Waals surface area contributed by atoms with E-state index in [-0.39, 0.29) is 5.15 Å². The van der Waals surface area contributed by atoms with Crippen LogP contribution < -0.4 is 4.72 Å². The summed E-state index contributed by atoms with van der Waals surface area (Å²) in [5, 5.41) is 1.76. The van der Waals surface area contributed by atoms with Crippen molar-refractivity contribution in [3.63, 3.8) is 0 Å². The van der Waals surface area contributed by atoms with Crippen LogP contribution in [-0.4, -0.2) is 23.9 Å². The van der Waals surface area contributed by atoms with Crippen LogP contribution in [0.1, 0.15) is 48.0 Å². The number of amides is 1. The van der Waals surface area contributed by atoms with Crippen LogP contribution in [0.15, 0.2) is 66.1 Å². The maximum atomic E-state index is 12.2.